The van der Waals surface area contributed by atoms with Crippen molar-refractivity contribution in [3.8, 4) is 11.3 Å². The van der Waals surface area contributed by atoms with Crippen molar-refractivity contribution in [2.24, 2.45) is 7.05 Å². The van der Waals surface area contributed by atoms with E-state index in [0.717, 1.165) is 16.5 Å². The number of pyridine rings is 1. The third-order valence-electron chi connectivity index (χ3n) is 8.02. The van der Waals surface area contributed by atoms with Crippen molar-refractivity contribution in [2.75, 3.05) is 0 Å². The predicted molar refractivity (Wildman–Crippen MR) is 159 cm³/mol. The molecule has 0 bridgehead atoms. The molecule has 0 saturated carbocycles. The predicted octanol–water partition coefficient (Wildman–Crippen LogP) is 7.22. The highest BCUT2D eigenvalue weighted by Gasteiger charge is 2.29. The average Bonchev–Trinajstić information content (AvgIpc) is 2.88. The molecule has 0 aliphatic carbocycles. The summed E-state index contributed by atoms with van der Waals surface area (Å²) in [5, 5.41) is 7.61. The minimum Gasteiger partial charge on any atom is -0.198 e. The van der Waals surface area contributed by atoms with E-state index in [-0.39, 0.29) is 5.41 Å². The lowest BCUT2D eigenvalue weighted by atomic mass is 9.80. The van der Waals surface area contributed by atoms with Crippen LogP contribution in [0.15, 0.2) is 84.9 Å². The number of benzene rings is 4. The van der Waals surface area contributed by atoms with Crippen LogP contribution in [0.1, 0.15) is 39.0 Å². The van der Waals surface area contributed by atoms with Gasteiger partial charge in [0.2, 0.25) is 5.69 Å². The van der Waals surface area contributed by atoms with Crippen molar-refractivity contribution in [3.05, 3.63) is 102 Å². The third-order valence-corrected chi connectivity index (χ3v) is 11.6. The number of hydrogen-bond acceptors (Lipinski definition) is 0. The summed E-state index contributed by atoms with van der Waals surface area (Å²) >= 11 is 0. The summed E-state index contributed by atoms with van der Waals surface area (Å²) in [5.74, 6) is 0. The molecular formula is C34H38NSi+. The van der Waals surface area contributed by atoms with Gasteiger partial charge in [-0.15, -0.1) is 0 Å². The molecule has 0 unspecified atom stereocenters. The molecule has 0 saturated heterocycles. The molecule has 5 rings (SSSR count). The number of aryl methyl sites for hydroxylation is 1. The third kappa shape index (κ3) is 3.98. The Morgan fingerprint density at radius 2 is 1.39 bits per heavy atom. The molecular weight excluding hydrogens is 450 g/mol. The van der Waals surface area contributed by atoms with E-state index in [0.29, 0.717) is 6.04 Å². The Balaban J connectivity index is 1.85. The van der Waals surface area contributed by atoms with Gasteiger partial charge in [0.15, 0.2) is 5.69 Å². The van der Waals surface area contributed by atoms with Crippen LogP contribution in [0.2, 0.25) is 13.1 Å². The van der Waals surface area contributed by atoms with Crippen LogP contribution in [0.25, 0.3) is 32.8 Å². The number of rotatable bonds is 3. The molecule has 0 amide bonds. The van der Waals surface area contributed by atoms with Crippen LogP contribution < -0.4 is 14.9 Å². The van der Waals surface area contributed by atoms with E-state index in [1.165, 1.54) is 43.5 Å². The summed E-state index contributed by atoms with van der Waals surface area (Å²) < 4.78 is 11.3. The van der Waals surface area contributed by atoms with E-state index < -0.39 is 8.07 Å². The molecule has 0 spiro atoms. The van der Waals surface area contributed by atoms with Gasteiger partial charge in [0, 0.05) is 13.0 Å². The van der Waals surface area contributed by atoms with Crippen LogP contribution in [0.5, 0.6) is 0 Å². The van der Waals surface area contributed by atoms with Gasteiger partial charge in [-0.2, -0.15) is 4.57 Å². The zero-order chi connectivity index (χ0) is 26.7. The van der Waals surface area contributed by atoms with Crippen molar-refractivity contribution >= 4 is 40.0 Å². The molecule has 2 heteroatoms. The maximum Gasteiger partial charge on any atom is 0.220 e. The Morgan fingerprint density at radius 1 is 0.750 bits per heavy atom. The number of fused-ring (bicyclic) bond motifs is 2. The fourth-order valence-corrected chi connectivity index (χ4v) is 7.97. The minimum atomic E-state index is -1.89. The van der Waals surface area contributed by atoms with Crippen LogP contribution in [-0.4, -0.2) is 8.07 Å². The van der Waals surface area contributed by atoms with Gasteiger partial charge in [-0.05, 0) is 51.8 Å². The number of hydrogen-bond donors (Lipinski definition) is 0. The standard InChI is InChI=1S/C34H38NSi/c1-23-20-25-21-27(36(7,8)26-14-10-9-11-15-26)18-19-29(25)33(35(23)6)31-22-32(34(3,4)5)30-17-13-12-16-28(30)24(31)2/h9-22H,1-8H3/q+1/i20D. The summed E-state index contributed by atoms with van der Waals surface area (Å²) in [4.78, 5) is 0. The maximum atomic E-state index is 9.11. The van der Waals surface area contributed by atoms with Gasteiger partial charge in [0.05, 0.1) is 12.3 Å². The first-order valence-corrected chi connectivity index (χ1v) is 15.9. The van der Waals surface area contributed by atoms with Crippen LogP contribution in [0, 0.1) is 13.8 Å². The second-order valence-electron chi connectivity index (χ2n) is 11.8. The molecule has 0 aliphatic rings. The fraction of sp³-hybridized carbons (Fsp3) is 0.265. The molecule has 0 fully saturated rings. The van der Waals surface area contributed by atoms with Crippen LogP contribution in [0.4, 0.5) is 0 Å². The Labute approximate surface area is 218 Å². The second kappa shape index (κ2) is 8.71. The van der Waals surface area contributed by atoms with E-state index >= 15 is 0 Å². The Bertz CT molecular complexity index is 1660. The first-order valence-electron chi connectivity index (χ1n) is 13.4. The number of nitrogens with zero attached hydrogens (tertiary/aromatic N) is 1. The molecule has 0 aliphatic heterocycles. The van der Waals surface area contributed by atoms with Crippen molar-refractivity contribution in [1.29, 1.82) is 0 Å². The lowest BCUT2D eigenvalue weighted by Crippen LogP contribution is -2.52. The molecule has 0 radical (unpaired) electrons. The van der Waals surface area contributed by atoms with E-state index in [4.69, 9.17) is 1.37 Å². The minimum absolute atomic E-state index is 0.0132. The van der Waals surface area contributed by atoms with Gasteiger partial charge in [-0.25, -0.2) is 0 Å². The monoisotopic (exact) mass is 489 g/mol. The average molecular weight is 490 g/mol. The molecule has 182 valence electrons. The smallest absolute Gasteiger partial charge is 0.198 e. The first-order chi connectivity index (χ1) is 17.4. The van der Waals surface area contributed by atoms with Gasteiger partial charge in [-0.1, -0.05) is 111 Å². The summed E-state index contributed by atoms with van der Waals surface area (Å²) in [6.07, 6.45) is 0. The summed E-state index contributed by atoms with van der Waals surface area (Å²) in [6.45, 7) is 16.0. The summed E-state index contributed by atoms with van der Waals surface area (Å²) in [6, 6.07) is 29.6. The van der Waals surface area contributed by atoms with Crippen molar-refractivity contribution in [2.45, 2.75) is 53.1 Å². The van der Waals surface area contributed by atoms with Gasteiger partial charge >= 0.3 is 0 Å². The lowest BCUT2D eigenvalue weighted by molar-refractivity contribution is -0.665. The largest absolute Gasteiger partial charge is 0.220 e. The van der Waals surface area contributed by atoms with Crippen molar-refractivity contribution in [1.82, 2.24) is 0 Å². The van der Waals surface area contributed by atoms with E-state index in [1.54, 1.807) is 0 Å². The Morgan fingerprint density at radius 3 is 2.06 bits per heavy atom. The molecule has 36 heavy (non-hydrogen) atoms. The highest BCUT2D eigenvalue weighted by atomic mass is 28.3. The van der Waals surface area contributed by atoms with Crippen LogP contribution in [0.3, 0.4) is 0 Å². The van der Waals surface area contributed by atoms with Crippen LogP contribution in [-0.2, 0) is 12.5 Å². The molecule has 4 aromatic carbocycles. The van der Waals surface area contributed by atoms with Crippen molar-refractivity contribution in [3.63, 3.8) is 0 Å². The Hall–Kier alpha value is -3.23. The highest BCUT2D eigenvalue weighted by Crippen LogP contribution is 2.38. The Kier molecular flexibility index (Phi) is 5.61. The maximum absolute atomic E-state index is 9.11. The molecule has 1 aromatic heterocycles. The first kappa shape index (κ1) is 23.2. The van der Waals surface area contributed by atoms with Gasteiger partial charge < -0.3 is 0 Å². The fourth-order valence-electron chi connectivity index (χ4n) is 5.60. The van der Waals surface area contributed by atoms with E-state index in [9.17, 15) is 0 Å². The molecule has 1 heterocycles. The summed E-state index contributed by atoms with van der Waals surface area (Å²) in [5.41, 5.74) is 6.11. The SMILES string of the molecule is [2H]c1c(C)[n+](C)c(-c2cc(C(C)(C)C)c3ccccc3c2C)c2ccc([Si](C)(C)c3ccccc3)cc12. The van der Waals surface area contributed by atoms with Crippen LogP contribution >= 0.6 is 0 Å². The second-order valence-corrected chi connectivity index (χ2v) is 16.2. The highest BCUT2D eigenvalue weighted by molar-refractivity contribution is 7.00. The normalized spacial score (nSPS) is 12.8. The van der Waals surface area contributed by atoms with E-state index in [1.807, 2.05) is 0 Å². The van der Waals surface area contributed by atoms with E-state index in [2.05, 4.69) is 138 Å². The lowest BCUT2D eigenvalue weighted by Gasteiger charge is -2.25. The summed E-state index contributed by atoms with van der Waals surface area (Å²) in [7, 11) is 0.221. The van der Waals surface area contributed by atoms with Gasteiger partial charge in [0.25, 0.3) is 0 Å². The van der Waals surface area contributed by atoms with Crippen molar-refractivity contribution < 1.29 is 5.94 Å². The topological polar surface area (TPSA) is 3.88 Å². The quantitative estimate of drug-likeness (QED) is 0.186. The number of aromatic nitrogens is 1. The molecule has 1 nitrogen and oxygen atoms in total. The zero-order valence-electron chi connectivity index (χ0n) is 24.0. The molecule has 0 N–H and O–H groups in total. The van der Waals surface area contributed by atoms with Gasteiger partial charge in [-0.3, -0.25) is 0 Å². The molecule has 5 aromatic rings. The zero-order valence-corrected chi connectivity index (χ0v) is 24.0. The van der Waals surface area contributed by atoms with Gasteiger partial charge in [0.1, 0.15) is 15.1 Å². The molecule has 0 atom stereocenters.